The van der Waals surface area contributed by atoms with Crippen LogP contribution in [-0.4, -0.2) is 17.9 Å². The number of nitrogens with zero attached hydrogens (tertiary/aromatic N) is 2. The first-order chi connectivity index (χ1) is 8.30. The molecule has 1 unspecified atom stereocenters. The van der Waals surface area contributed by atoms with Crippen molar-refractivity contribution < 1.29 is 4.84 Å². The molecule has 1 atom stereocenters. The Labute approximate surface area is 109 Å². The molecule has 0 aliphatic carbocycles. The minimum absolute atomic E-state index is 0.207. The molecule has 1 aliphatic rings. The van der Waals surface area contributed by atoms with Crippen LogP contribution in [0.5, 0.6) is 0 Å². The highest BCUT2D eigenvalue weighted by Gasteiger charge is 2.37. The summed E-state index contributed by atoms with van der Waals surface area (Å²) in [6.07, 6.45) is 0.909. The first kappa shape index (κ1) is 13.1. The van der Waals surface area contributed by atoms with Gasteiger partial charge in [0.05, 0.1) is 0 Å². The van der Waals surface area contributed by atoms with Gasteiger partial charge in [-0.05, 0) is 12.3 Å². The minimum atomic E-state index is -0.587. The fraction of sp³-hybridized carbons (Fsp3) is 0.533. The number of amidine groups is 1. The molecule has 0 bridgehead atoms. The van der Waals surface area contributed by atoms with E-state index in [0.29, 0.717) is 0 Å². The molecular formula is C15H22N2O. The molecule has 98 valence electrons. The van der Waals surface area contributed by atoms with Crippen molar-refractivity contribution in [2.24, 2.45) is 10.4 Å². The van der Waals surface area contributed by atoms with E-state index in [1.54, 1.807) is 5.06 Å². The number of hydrogen-bond acceptors (Lipinski definition) is 3. The average Bonchev–Trinajstić information content (AvgIpc) is 2.54. The van der Waals surface area contributed by atoms with Crippen LogP contribution in [0.1, 0.15) is 39.7 Å². The molecule has 0 spiro atoms. The lowest BCUT2D eigenvalue weighted by Gasteiger charge is -2.23. The van der Waals surface area contributed by atoms with Crippen LogP contribution in [0.25, 0.3) is 0 Å². The average molecular weight is 246 g/mol. The van der Waals surface area contributed by atoms with Crippen LogP contribution < -0.4 is 0 Å². The summed E-state index contributed by atoms with van der Waals surface area (Å²) in [7, 11) is 1.93. The third kappa shape index (κ3) is 2.72. The van der Waals surface area contributed by atoms with Gasteiger partial charge in [0.15, 0.2) is 0 Å². The lowest BCUT2D eigenvalue weighted by atomic mass is 9.91. The molecule has 1 heterocycles. The fourth-order valence-corrected chi connectivity index (χ4v) is 2.15. The lowest BCUT2D eigenvalue weighted by Crippen LogP contribution is -2.28. The summed E-state index contributed by atoms with van der Waals surface area (Å²) in [5.74, 6) is 1.01. The van der Waals surface area contributed by atoms with Crippen LogP contribution in [0.3, 0.4) is 0 Å². The summed E-state index contributed by atoms with van der Waals surface area (Å²) in [5, 5.41) is 1.80. The van der Waals surface area contributed by atoms with Gasteiger partial charge in [0, 0.05) is 19.0 Å². The highest BCUT2D eigenvalue weighted by molar-refractivity contribution is 5.83. The van der Waals surface area contributed by atoms with Gasteiger partial charge < -0.3 is 0 Å². The Morgan fingerprint density at radius 3 is 2.39 bits per heavy atom. The quantitative estimate of drug-likeness (QED) is 0.797. The second-order valence-electron chi connectivity index (χ2n) is 6.20. The zero-order valence-corrected chi connectivity index (χ0v) is 11.9. The largest absolute Gasteiger partial charge is 0.240 e. The van der Waals surface area contributed by atoms with Crippen LogP contribution in [-0.2, 0) is 10.6 Å². The first-order valence-corrected chi connectivity index (χ1v) is 6.37. The number of aliphatic imine (C=N–C) groups is 1. The highest BCUT2D eigenvalue weighted by Crippen LogP contribution is 2.35. The minimum Gasteiger partial charge on any atom is -0.240 e. The van der Waals surface area contributed by atoms with Gasteiger partial charge in [-0.15, -0.1) is 0 Å². The van der Waals surface area contributed by atoms with E-state index in [9.17, 15) is 0 Å². The fourth-order valence-electron chi connectivity index (χ4n) is 2.15. The maximum atomic E-state index is 5.92. The highest BCUT2D eigenvalue weighted by atomic mass is 16.7. The topological polar surface area (TPSA) is 24.8 Å². The van der Waals surface area contributed by atoms with E-state index in [2.05, 4.69) is 32.9 Å². The van der Waals surface area contributed by atoms with Gasteiger partial charge in [-0.1, -0.05) is 51.1 Å². The van der Waals surface area contributed by atoms with Crippen LogP contribution in [0, 0.1) is 5.41 Å². The van der Waals surface area contributed by atoms with E-state index >= 15 is 0 Å². The van der Waals surface area contributed by atoms with E-state index in [1.807, 2.05) is 32.2 Å². The van der Waals surface area contributed by atoms with Gasteiger partial charge in [0.1, 0.15) is 5.84 Å². The molecule has 0 saturated heterocycles. The summed E-state index contributed by atoms with van der Waals surface area (Å²) in [4.78, 5) is 10.7. The van der Waals surface area contributed by atoms with Gasteiger partial charge in [0.2, 0.25) is 5.72 Å². The molecule has 1 aromatic carbocycles. The summed E-state index contributed by atoms with van der Waals surface area (Å²) >= 11 is 0. The molecule has 3 heteroatoms. The van der Waals surface area contributed by atoms with Gasteiger partial charge in [0.25, 0.3) is 0 Å². The van der Waals surface area contributed by atoms with Crippen LogP contribution in [0.4, 0.5) is 0 Å². The Morgan fingerprint density at radius 1 is 1.22 bits per heavy atom. The van der Waals surface area contributed by atoms with Crippen molar-refractivity contribution in [1.29, 1.82) is 0 Å². The standard InChI is InChI=1S/C15H22N2O/c1-14(2,3)11-13-16-15(4,18-17(13)5)12-9-7-6-8-10-12/h6-10H,11H2,1-5H3. The molecule has 0 saturated carbocycles. The van der Waals surface area contributed by atoms with E-state index in [1.165, 1.54) is 0 Å². The zero-order chi connectivity index (χ0) is 13.4. The maximum absolute atomic E-state index is 5.92. The monoisotopic (exact) mass is 246 g/mol. The molecule has 3 nitrogen and oxygen atoms in total. The third-order valence-electron chi connectivity index (χ3n) is 3.02. The number of hydrogen-bond donors (Lipinski definition) is 0. The van der Waals surface area contributed by atoms with Crippen LogP contribution >= 0.6 is 0 Å². The van der Waals surface area contributed by atoms with Crippen molar-refractivity contribution in [3.8, 4) is 0 Å². The molecule has 0 radical (unpaired) electrons. The second kappa shape index (κ2) is 4.39. The van der Waals surface area contributed by atoms with Crippen LogP contribution in [0.15, 0.2) is 35.3 Å². The normalized spacial score (nSPS) is 24.3. The smallest absolute Gasteiger partial charge is 0.209 e. The molecule has 1 aliphatic heterocycles. The Hall–Kier alpha value is -1.35. The molecule has 2 rings (SSSR count). The zero-order valence-electron chi connectivity index (χ0n) is 11.9. The molecular weight excluding hydrogens is 224 g/mol. The van der Waals surface area contributed by atoms with Crippen molar-refractivity contribution >= 4 is 5.84 Å². The summed E-state index contributed by atoms with van der Waals surface area (Å²) in [6, 6.07) is 10.1. The number of benzene rings is 1. The van der Waals surface area contributed by atoms with Crippen molar-refractivity contribution in [3.05, 3.63) is 35.9 Å². The van der Waals surface area contributed by atoms with Gasteiger partial charge >= 0.3 is 0 Å². The van der Waals surface area contributed by atoms with Gasteiger partial charge in [-0.3, -0.25) is 0 Å². The molecule has 0 fully saturated rings. The molecule has 0 aromatic heterocycles. The Morgan fingerprint density at radius 2 is 1.83 bits per heavy atom. The Balaban J connectivity index is 2.27. The number of hydroxylamine groups is 2. The summed E-state index contributed by atoms with van der Waals surface area (Å²) in [6.45, 7) is 8.64. The van der Waals surface area contributed by atoms with E-state index in [4.69, 9.17) is 9.83 Å². The number of rotatable bonds is 2. The lowest BCUT2D eigenvalue weighted by molar-refractivity contribution is -0.164. The van der Waals surface area contributed by atoms with E-state index in [0.717, 1.165) is 17.8 Å². The van der Waals surface area contributed by atoms with Crippen LogP contribution in [0.2, 0.25) is 0 Å². The molecule has 18 heavy (non-hydrogen) atoms. The maximum Gasteiger partial charge on any atom is 0.209 e. The molecule has 0 N–H and O–H groups in total. The van der Waals surface area contributed by atoms with Crippen molar-refractivity contribution in [3.63, 3.8) is 0 Å². The molecule has 1 aromatic rings. The van der Waals surface area contributed by atoms with E-state index < -0.39 is 5.72 Å². The summed E-state index contributed by atoms with van der Waals surface area (Å²) in [5.41, 5.74) is 0.704. The predicted molar refractivity (Wildman–Crippen MR) is 74.1 cm³/mol. The second-order valence-corrected chi connectivity index (χ2v) is 6.20. The van der Waals surface area contributed by atoms with Crippen molar-refractivity contribution in [2.75, 3.05) is 7.05 Å². The van der Waals surface area contributed by atoms with Gasteiger partial charge in [-0.2, -0.15) is 0 Å². The van der Waals surface area contributed by atoms with Crippen molar-refractivity contribution in [1.82, 2.24) is 5.06 Å². The summed E-state index contributed by atoms with van der Waals surface area (Å²) < 4.78 is 0. The Kier molecular flexibility index (Phi) is 3.20. The van der Waals surface area contributed by atoms with Crippen molar-refractivity contribution in [2.45, 2.75) is 39.8 Å². The molecule has 0 amide bonds. The predicted octanol–water partition coefficient (Wildman–Crippen LogP) is 3.57. The Bertz CT molecular complexity index is 447. The van der Waals surface area contributed by atoms with E-state index in [-0.39, 0.29) is 5.41 Å². The SMILES string of the molecule is CN1OC(C)(c2ccccc2)N=C1CC(C)(C)C. The third-order valence-corrected chi connectivity index (χ3v) is 3.02. The van der Waals surface area contributed by atoms with Gasteiger partial charge in [-0.25, -0.2) is 14.9 Å². The first-order valence-electron chi connectivity index (χ1n) is 6.37.